The third-order valence-electron chi connectivity index (χ3n) is 4.53. The topological polar surface area (TPSA) is 68.7 Å². The Morgan fingerprint density at radius 2 is 2.29 bits per heavy atom. The normalized spacial score (nSPS) is 22.0. The minimum atomic E-state index is -0.341. The Morgan fingerprint density at radius 1 is 1.52 bits per heavy atom. The summed E-state index contributed by atoms with van der Waals surface area (Å²) in [4.78, 5) is 14.1. The summed E-state index contributed by atoms with van der Waals surface area (Å²) in [5, 5.41) is 0. The molecule has 0 bridgehead atoms. The summed E-state index contributed by atoms with van der Waals surface area (Å²) in [6, 6.07) is 2.32. The predicted octanol–water partition coefficient (Wildman–Crippen LogP) is 2.32. The van der Waals surface area contributed by atoms with Gasteiger partial charge in [-0.05, 0) is 44.8 Å². The number of esters is 1. The molecular formula is C16H26N2O3. The molecule has 0 saturated heterocycles. The van der Waals surface area contributed by atoms with Crippen LogP contribution in [0.25, 0.3) is 0 Å². The second-order valence-electron chi connectivity index (χ2n) is 5.73. The smallest absolute Gasteiger partial charge is 0.341 e. The van der Waals surface area contributed by atoms with Crippen molar-refractivity contribution in [2.45, 2.75) is 45.7 Å². The van der Waals surface area contributed by atoms with Crippen molar-refractivity contribution in [3.05, 3.63) is 23.2 Å². The largest absolute Gasteiger partial charge is 0.465 e. The van der Waals surface area contributed by atoms with Gasteiger partial charge in [-0.25, -0.2) is 4.79 Å². The molecule has 0 amide bonds. The van der Waals surface area contributed by atoms with E-state index in [1.165, 1.54) is 26.4 Å². The van der Waals surface area contributed by atoms with Crippen LogP contribution in [0.15, 0.2) is 10.5 Å². The highest BCUT2D eigenvalue weighted by atomic mass is 16.5. The van der Waals surface area contributed by atoms with Crippen LogP contribution in [0.2, 0.25) is 0 Å². The second kappa shape index (κ2) is 7.09. The molecule has 2 unspecified atom stereocenters. The first-order valence-electron chi connectivity index (χ1n) is 7.72. The zero-order chi connectivity index (χ0) is 15.4. The Morgan fingerprint density at radius 3 is 2.90 bits per heavy atom. The van der Waals surface area contributed by atoms with E-state index in [1.807, 2.05) is 0 Å². The predicted molar refractivity (Wildman–Crippen MR) is 81.1 cm³/mol. The summed E-state index contributed by atoms with van der Waals surface area (Å²) in [5.74, 6) is 1.67. The Balaban J connectivity index is 2.10. The molecule has 0 spiro atoms. The molecule has 0 aliphatic heterocycles. The lowest BCUT2D eigenvalue weighted by molar-refractivity contribution is 0.0599. The Kier molecular flexibility index (Phi) is 5.42. The molecule has 0 aromatic carbocycles. The average Bonchev–Trinajstić information content (AvgIpc) is 3.10. The van der Waals surface area contributed by atoms with E-state index in [2.05, 4.69) is 11.8 Å². The van der Waals surface area contributed by atoms with E-state index in [4.69, 9.17) is 14.9 Å². The highest BCUT2D eigenvalue weighted by molar-refractivity contribution is 5.90. The number of nitrogens with two attached hydrogens (primary N) is 1. The fourth-order valence-electron chi connectivity index (χ4n) is 3.37. The summed E-state index contributed by atoms with van der Waals surface area (Å²) in [6.07, 6.45) is 3.65. The van der Waals surface area contributed by atoms with E-state index in [-0.39, 0.29) is 5.97 Å². The van der Waals surface area contributed by atoms with Gasteiger partial charge in [-0.3, -0.25) is 4.90 Å². The van der Waals surface area contributed by atoms with E-state index in [9.17, 15) is 4.79 Å². The van der Waals surface area contributed by atoms with Crippen molar-refractivity contribution in [2.75, 3.05) is 20.2 Å². The van der Waals surface area contributed by atoms with Gasteiger partial charge in [0.1, 0.15) is 17.1 Å². The molecule has 21 heavy (non-hydrogen) atoms. The molecule has 5 nitrogen and oxygen atoms in total. The molecule has 1 aliphatic rings. The molecule has 1 aromatic heterocycles. The SMILES string of the molecule is CCN(Cc1cc(C(=O)OC)c(C)o1)C1CCCC1CN. The number of hydrogen-bond acceptors (Lipinski definition) is 5. The molecule has 1 aromatic rings. The highest BCUT2D eigenvalue weighted by Crippen LogP contribution is 2.30. The van der Waals surface area contributed by atoms with Gasteiger partial charge in [0.2, 0.25) is 0 Å². The average molecular weight is 294 g/mol. The van der Waals surface area contributed by atoms with Gasteiger partial charge in [0.05, 0.1) is 13.7 Å². The van der Waals surface area contributed by atoms with Crippen LogP contribution in [0.3, 0.4) is 0 Å². The summed E-state index contributed by atoms with van der Waals surface area (Å²) in [6.45, 7) is 6.36. The van der Waals surface area contributed by atoms with Crippen molar-refractivity contribution < 1.29 is 13.9 Å². The van der Waals surface area contributed by atoms with Crippen molar-refractivity contribution in [2.24, 2.45) is 11.7 Å². The molecule has 2 rings (SSSR count). The van der Waals surface area contributed by atoms with Gasteiger partial charge >= 0.3 is 5.97 Å². The first-order valence-corrected chi connectivity index (χ1v) is 7.72. The molecule has 1 saturated carbocycles. The number of rotatable bonds is 6. The van der Waals surface area contributed by atoms with Crippen LogP contribution in [0.5, 0.6) is 0 Å². The first kappa shape index (κ1) is 16.0. The summed E-state index contributed by atoms with van der Waals surface area (Å²) in [5.41, 5.74) is 6.40. The lowest BCUT2D eigenvalue weighted by Crippen LogP contribution is -2.39. The van der Waals surface area contributed by atoms with Gasteiger partial charge in [0.15, 0.2) is 0 Å². The maximum atomic E-state index is 11.6. The molecular weight excluding hydrogens is 268 g/mol. The maximum Gasteiger partial charge on any atom is 0.341 e. The lowest BCUT2D eigenvalue weighted by atomic mass is 10.0. The molecule has 5 heteroatoms. The van der Waals surface area contributed by atoms with Gasteiger partial charge < -0.3 is 14.9 Å². The molecule has 1 heterocycles. The molecule has 1 aliphatic carbocycles. The van der Waals surface area contributed by atoms with Gasteiger partial charge in [0.25, 0.3) is 0 Å². The van der Waals surface area contributed by atoms with Crippen molar-refractivity contribution >= 4 is 5.97 Å². The number of furan rings is 1. The van der Waals surface area contributed by atoms with Crippen molar-refractivity contribution in [1.29, 1.82) is 0 Å². The summed E-state index contributed by atoms with van der Waals surface area (Å²) < 4.78 is 10.5. The van der Waals surface area contributed by atoms with E-state index in [1.54, 1.807) is 13.0 Å². The Labute approximate surface area is 126 Å². The third-order valence-corrected chi connectivity index (χ3v) is 4.53. The van der Waals surface area contributed by atoms with Crippen LogP contribution < -0.4 is 5.73 Å². The molecule has 118 valence electrons. The number of nitrogens with zero attached hydrogens (tertiary/aromatic N) is 1. The second-order valence-corrected chi connectivity index (χ2v) is 5.73. The molecule has 2 N–H and O–H groups in total. The number of methoxy groups -OCH3 is 1. The van der Waals surface area contributed by atoms with Gasteiger partial charge in [-0.15, -0.1) is 0 Å². The van der Waals surface area contributed by atoms with Gasteiger partial charge in [-0.2, -0.15) is 0 Å². The third kappa shape index (κ3) is 3.47. The highest BCUT2D eigenvalue weighted by Gasteiger charge is 2.31. The van der Waals surface area contributed by atoms with Gasteiger partial charge in [0, 0.05) is 6.04 Å². The Hall–Kier alpha value is -1.33. The van der Waals surface area contributed by atoms with Crippen LogP contribution in [-0.4, -0.2) is 37.1 Å². The number of carbonyl (C=O) groups excluding carboxylic acids is 1. The van der Waals surface area contributed by atoms with Crippen LogP contribution in [0.1, 0.15) is 48.1 Å². The fourth-order valence-corrected chi connectivity index (χ4v) is 3.37. The van der Waals surface area contributed by atoms with Gasteiger partial charge in [-0.1, -0.05) is 13.3 Å². The number of aryl methyl sites for hydroxylation is 1. The Bertz CT molecular complexity index is 484. The lowest BCUT2D eigenvalue weighted by Gasteiger charge is -2.31. The fraction of sp³-hybridized carbons (Fsp3) is 0.688. The summed E-state index contributed by atoms with van der Waals surface area (Å²) in [7, 11) is 1.39. The quantitative estimate of drug-likeness (QED) is 0.815. The van der Waals surface area contributed by atoms with Crippen LogP contribution in [-0.2, 0) is 11.3 Å². The minimum absolute atomic E-state index is 0.341. The van der Waals surface area contributed by atoms with Crippen molar-refractivity contribution in [3.63, 3.8) is 0 Å². The monoisotopic (exact) mass is 294 g/mol. The molecule has 0 radical (unpaired) electrons. The van der Waals surface area contributed by atoms with Crippen LogP contribution in [0.4, 0.5) is 0 Å². The first-order chi connectivity index (χ1) is 10.1. The van der Waals surface area contributed by atoms with Crippen molar-refractivity contribution in [3.8, 4) is 0 Å². The standard InChI is InChI=1S/C16H26N2O3/c1-4-18(15-7-5-6-12(15)9-17)10-13-8-14(11(2)21-13)16(19)20-3/h8,12,15H,4-7,9-10,17H2,1-3H3. The zero-order valence-corrected chi connectivity index (χ0v) is 13.2. The summed E-state index contributed by atoms with van der Waals surface area (Å²) >= 11 is 0. The van der Waals surface area contributed by atoms with E-state index in [0.29, 0.717) is 23.3 Å². The molecule has 1 fully saturated rings. The number of ether oxygens (including phenoxy) is 1. The van der Waals surface area contributed by atoms with Crippen LogP contribution >= 0.6 is 0 Å². The number of hydrogen-bond donors (Lipinski definition) is 1. The van der Waals surface area contributed by atoms with E-state index in [0.717, 1.165) is 25.4 Å². The van der Waals surface area contributed by atoms with Crippen LogP contribution in [0, 0.1) is 12.8 Å². The zero-order valence-electron chi connectivity index (χ0n) is 13.2. The van der Waals surface area contributed by atoms with E-state index < -0.39 is 0 Å². The number of carbonyl (C=O) groups is 1. The van der Waals surface area contributed by atoms with E-state index >= 15 is 0 Å². The minimum Gasteiger partial charge on any atom is -0.465 e. The van der Waals surface area contributed by atoms with Crippen molar-refractivity contribution in [1.82, 2.24) is 4.90 Å². The maximum absolute atomic E-state index is 11.6. The molecule has 2 atom stereocenters.